The van der Waals surface area contributed by atoms with E-state index < -0.39 is 43.7 Å². The van der Waals surface area contributed by atoms with E-state index in [1.165, 1.54) is 12.1 Å². The standard InChI is InChI=1S/C15H16O9/c1-20-12(16)7-23-14(18)9-22-11-6-4-3-5-10(11)15(19)24-8-13(17)21-2/h3-6H,7-9H2,1-2H3. The van der Waals surface area contributed by atoms with Gasteiger partial charge in [-0.3, -0.25) is 0 Å². The van der Waals surface area contributed by atoms with Crippen molar-refractivity contribution in [1.29, 1.82) is 0 Å². The van der Waals surface area contributed by atoms with Crippen molar-refractivity contribution in [2.45, 2.75) is 0 Å². The Bertz CT molecular complexity index is 609. The number of ether oxygens (including phenoxy) is 5. The first-order valence-electron chi connectivity index (χ1n) is 6.66. The Kier molecular flexibility index (Phi) is 7.76. The zero-order chi connectivity index (χ0) is 17.9. The second-order valence-electron chi connectivity index (χ2n) is 4.17. The second kappa shape index (κ2) is 9.82. The highest BCUT2D eigenvalue weighted by molar-refractivity contribution is 5.93. The van der Waals surface area contributed by atoms with E-state index in [9.17, 15) is 19.2 Å². The molecule has 0 heterocycles. The third kappa shape index (κ3) is 6.34. The molecule has 0 unspecified atom stereocenters. The average Bonchev–Trinajstić information content (AvgIpc) is 2.62. The zero-order valence-electron chi connectivity index (χ0n) is 13.1. The molecule has 24 heavy (non-hydrogen) atoms. The van der Waals surface area contributed by atoms with Crippen molar-refractivity contribution < 1.29 is 42.9 Å². The van der Waals surface area contributed by atoms with E-state index in [0.717, 1.165) is 14.2 Å². The van der Waals surface area contributed by atoms with E-state index in [1.807, 2.05) is 0 Å². The van der Waals surface area contributed by atoms with Gasteiger partial charge in [-0.1, -0.05) is 12.1 Å². The van der Waals surface area contributed by atoms with Crippen molar-refractivity contribution in [2.75, 3.05) is 34.0 Å². The number of hydrogen-bond donors (Lipinski definition) is 0. The third-order valence-corrected chi connectivity index (χ3v) is 2.58. The van der Waals surface area contributed by atoms with E-state index >= 15 is 0 Å². The Labute approximate surface area is 137 Å². The highest BCUT2D eigenvalue weighted by Crippen LogP contribution is 2.19. The van der Waals surface area contributed by atoms with Crippen molar-refractivity contribution in [3.8, 4) is 5.75 Å². The molecule has 0 radical (unpaired) electrons. The van der Waals surface area contributed by atoms with Gasteiger partial charge in [0.1, 0.15) is 11.3 Å². The summed E-state index contributed by atoms with van der Waals surface area (Å²) in [5, 5.41) is 0. The maximum atomic E-state index is 11.9. The Morgan fingerprint density at radius 2 is 1.38 bits per heavy atom. The first-order chi connectivity index (χ1) is 11.5. The van der Waals surface area contributed by atoms with Crippen LogP contribution in [0.15, 0.2) is 24.3 Å². The van der Waals surface area contributed by atoms with Gasteiger partial charge in [-0.25, -0.2) is 19.2 Å². The van der Waals surface area contributed by atoms with Crippen LogP contribution in [0.25, 0.3) is 0 Å². The van der Waals surface area contributed by atoms with Crippen molar-refractivity contribution in [2.24, 2.45) is 0 Å². The van der Waals surface area contributed by atoms with E-state index in [0.29, 0.717) is 0 Å². The molecule has 1 rings (SSSR count). The van der Waals surface area contributed by atoms with Crippen LogP contribution in [0.5, 0.6) is 5.75 Å². The van der Waals surface area contributed by atoms with Gasteiger partial charge in [0, 0.05) is 0 Å². The predicted molar refractivity (Wildman–Crippen MR) is 77.2 cm³/mol. The van der Waals surface area contributed by atoms with Crippen LogP contribution in [-0.4, -0.2) is 57.9 Å². The fraction of sp³-hybridized carbons (Fsp3) is 0.333. The topological polar surface area (TPSA) is 114 Å². The molecule has 0 aliphatic heterocycles. The zero-order valence-corrected chi connectivity index (χ0v) is 13.1. The second-order valence-corrected chi connectivity index (χ2v) is 4.17. The van der Waals surface area contributed by atoms with Crippen LogP contribution in [0.4, 0.5) is 0 Å². The molecule has 9 heteroatoms. The molecule has 0 spiro atoms. The van der Waals surface area contributed by atoms with Crippen LogP contribution in [0.3, 0.4) is 0 Å². The Balaban J connectivity index is 2.59. The summed E-state index contributed by atoms with van der Waals surface area (Å²) in [6, 6.07) is 5.96. The molecule has 130 valence electrons. The first kappa shape index (κ1) is 18.9. The van der Waals surface area contributed by atoms with Crippen LogP contribution in [-0.2, 0) is 33.3 Å². The van der Waals surface area contributed by atoms with E-state index in [2.05, 4.69) is 14.2 Å². The molecule has 0 saturated carbocycles. The molecule has 0 amide bonds. The van der Waals surface area contributed by atoms with Gasteiger partial charge in [-0.05, 0) is 12.1 Å². The lowest BCUT2D eigenvalue weighted by Gasteiger charge is -2.10. The predicted octanol–water partition coefficient (Wildman–Crippen LogP) is 0.111. The first-order valence-corrected chi connectivity index (χ1v) is 6.66. The number of rotatable bonds is 8. The molecule has 0 aliphatic rings. The minimum Gasteiger partial charge on any atom is -0.481 e. The number of carbonyl (C=O) groups is 4. The summed E-state index contributed by atoms with van der Waals surface area (Å²) in [7, 11) is 2.32. The Morgan fingerprint density at radius 1 is 0.792 bits per heavy atom. The molecule has 0 aliphatic carbocycles. The van der Waals surface area contributed by atoms with Crippen LogP contribution >= 0.6 is 0 Å². The minimum absolute atomic E-state index is 0.0159. The molecule has 1 aromatic carbocycles. The summed E-state index contributed by atoms with van der Waals surface area (Å²) in [6.45, 7) is -1.62. The van der Waals surface area contributed by atoms with Gasteiger partial charge in [0.15, 0.2) is 19.8 Å². The SMILES string of the molecule is COC(=O)COC(=O)COc1ccccc1C(=O)OCC(=O)OC. The van der Waals surface area contributed by atoms with E-state index in [-0.39, 0.29) is 11.3 Å². The van der Waals surface area contributed by atoms with Crippen LogP contribution in [0.2, 0.25) is 0 Å². The van der Waals surface area contributed by atoms with Crippen LogP contribution in [0, 0.1) is 0 Å². The quantitative estimate of drug-likeness (QED) is 0.480. The maximum absolute atomic E-state index is 11.9. The molecular formula is C15H16O9. The minimum atomic E-state index is -0.821. The number of methoxy groups -OCH3 is 2. The summed E-state index contributed by atoms with van der Waals surface area (Å²) in [5.41, 5.74) is 0.0159. The highest BCUT2D eigenvalue weighted by atomic mass is 16.6. The number of esters is 4. The van der Waals surface area contributed by atoms with Gasteiger partial charge < -0.3 is 23.7 Å². The normalized spacial score (nSPS) is 9.58. The number of hydrogen-bond acceptors (Lipinski definition) is 9. The fourth-order valence-corrected chi connectivity index (χ4v) is 1.40. The summed E-state index contributed by atoms with van der Waals surface area (Å²) < 4.78 is 23.2. The van der Waals surface area contributed by atoms with Gasteiger partial charge in [0.05, 0.1) is 14.2 Å². The largest absolute Gasteiger partial charge is 0.481 e. The molecule has 0 fully saturated rings. The summed E-state index contributed by atoms with van der Waals surface area (Å²) in [5.74, 6) is -3.01. The fourth-order valence-electron chi connectivity index (χ4n) is 1.40. The third-order valence-electron chi connectivity index (χ3n) is 2.58. The lowest BCUT2D eigenvalue weighted by Crippen LogP contribution is -2.21. The molecular weight excluding hydrogens is 324 g/mol. The van der Waals surface area contributed by atoms with Gasteiger partial charge in [0.25, 0.3) is 0 Å². The molecule has 0 aromatic heterocycles. The smallest absolute Gasteiger partial charge is 0.344 e. The summed E-state index contributed by atoms with van der Waals surface area (Å²) in [4.78, 5) is 45.2. The molecule has 9 nitrogen and oxygen atoms in total. The van der Waals surface area contributed by atoms with Crippen molar-refractivity contribution in [3.63, 3.8) is 0 Å². The van der Waals surface area contributed by atoms with Crippen molar-refractivity contribution >= 4 is 23.9 Å². The molecule has 0 bridgehead atoms. The highest BCUT2D eigenvalue weighted by Gasteiger charge is 2.17. The number of para-hydroxylation sites is 1. The molecule has 0 saturated heterocycles. The summed E-state index contributed by atoms with van der Waals surface area (Å²) >= 11 is 0. The maximum Gasteiger partial charge on any atom is 0.344 e. The van der Waals surface area contributed by atoms with E-state index in [4.69, 9.17) is 9.47 Å². The Morgan fingerprint density at radius 3 is 2.00 bits per heavy atom. The lowest BCUT2D eigenvalue weighted by atomic mass is 10.2. The van der Waals surface area contributed by atoms with Crippen LogP contribution in [0.1, 0.15) is 10.4 Å². The monoisotopic (exact) mass is 340 g/mol. The van der Waals surface area contributed by atoms with Crippen molar-refractivity contribution in [3.05, 3.63) is 29.8 Å². The Hall–Kier alpha value is -3.10. The number of carbonyl (C=O) groups excluding carboxylic acids is 4. The van der Waals surface area contributed by atoms with Gasteiger partial charge >= 0.3 is 23.9 Å². The van der Waals surface area contributed by atoms with E-state index in [1.54, 1.807) is 12.1 Å². The summed E-state index contributed by atoms with van der Waals surface area (Å²) in [6.07, 6.45) is 0. The molecule has 1 aromatic rings. The lowest BCUT2D eigenvalue weighted by molar-refractivity contribution is -0.158. The molecule has 0 N–H and O–H groups in total. The number of benzene rings is 1. The van der Waals surface area contributed by atoms with Crippen molar-refractivity contribution in [1.82, 2.24) is 0 Å². The average molecular weight is 340 g/mol. The van der Waals surface area contributed by atoms with Crippen LogP contribution < -0.4 is 4.74 Å². The van der Waals surface area contributed by atoms with Gasteiger partial charge in [-0.15, -0.1) is 0 Å². The molecule has 0 atom stereocenters. The van der Waals surface area contributed by atoms with Gasteiger partial charge in [-0.2, -0.15) is 0 Å². The van der Waals surface area contributed by atoms with Gasteiger partial charge in [0.2, 0.25) is 0 Å².